The number of aryl methyl sites for hydroxylation is 1. The van der Waals surface area contributed by atoms with Crippen LogP contribution in [-0.2, 0) is 14.8 Å². The highest BCUT2D eigenvalue weighted by Gasteiger charge is 2.26. The molecule has 0 aliphatic rings. The quantitative estimate of drug-likeness (QED) is 0.585. The Morgan fingerprint density at radius 2 is 2.18 bits per heavy atom. The Labute approximate surface area is 99.4 Å². The van der Waals surface area contributed by atoms with E-state index in [0.717, 1.165) is 6.42 Å². The minimum Gasteiger partial charge on any atom is -0.461 e. The van der Waals surface area contributed by atoms with Crippen molar-refractivity contribution >= 4 is 16.0 Å². The Balaban J connectivity index is 2.96. The number of nitrogens with one attached hydrogen (secondary N) is 1. The molecule has 0 amide bonds. The summed E-state index contributed by atoms with van der Waals surface area (Å²) in [4.78, 5) is 11.3. The second-order valence-electron chi connectivity index (χ2n) is 3.56. The van der Waals surface area contributed by atoms with E-state index < -0.39 is 16.0 Å². The number of H-pyrrole nitrogens is 1. The molecule has 7 nitrogen and oxygen atoms in total. The molecular formula is C9H15N3O4S. The van der Waals surface area contributed by atoms with Crippen LogP contribution in [0.3, 0.4) is 0 Å². The Morgan fingerprint density at radius 3 is 2.71 bits per heavy atom. The lowest BCUT2D eigenvalue weighted by Crippen LogP contribution is -2.18. The molecule has 0 aliphatic carbocycles. The molecule has 0 aliphatic heterocycles. The van der Waals surface area contributed by atoms with Crippen LogP contribution < -0.4 is 5.14 Å². The summed E-state index contributed by atoms with van der Waals surface area (Å²) in [5.41, 5.74) is -0.0731. The van der Waals surface area contributed by atoms with Crippen LogP contribution in [0.5, 0.6) is 0 Å². The molecule has 0 atom stereocenters. The molecule has 0 saturated carbocycles. The summed E-state index contributed by atoms with van der Waals surface area (Å²) < 4.78 is 27.4. The first kappa shape index (κ1) is 13.7. The van der Waals surface area contributed by atoms with Crippen molar-refractivity contribution in [2.75, 3.05) is 6.61 Å². The van der Waals surface area contributed by atoms with Gasteiger partial charge in [0.15, 0.2) is 5.69 Å². The largest absolute Gasteiger partial charge is 0.461 e. The van der Waals surface area contributed by atoms with Gasteiger partial charge < -0.3 is 4.74 Å². The van der Waals surface area contributed by atoms with Crippen LogP contribution in [0.4, 0.5) is 0 Å². The van der Waals surface area contributed by atoms with Crippen molar-refractivity contribution in [2.45, 2.75) is 31.6 Å². The Kier molecular flexibility index (Phi) is 4.24. The fraction of sp³-hybridized carbons (Fsp3) is 0.556. The molecule has 0 radical (unpaired) electrons. The van der Waals surface area contributed by atoms with Crippen LogP contribution in [0.2, 0.25) is 0 Å². The molecular weight excluding hydrogens is 246 g/mol. The van der Waals surface area contributed by atoms with E-state index in [1.165, 1.54) is 6.92 Å². The highest BCUT2D eigenvalue weighted by molar-refractivity contribution is 7.89. The van der Waals surface area contributed by atoms with E-state index in [2.05, 4.69) is 10.2 Å². The number of ether oxygens (including phenoxy) is 1. The maximum atomic E-state index is 11.6. The molecule has 96 valence electrons. The number of hydrogen-bond acceptors (Lipinski definition) is 5. The Morgan fingerprint density at radius 1 is 1.53 bits per heavy atom. The van der Waals surface area contributed by atoms with Crippen molar-refractivity contribution in [2.24, 2.45) is 5.14 Å². The summed E-state index contributed by atoms with van der Waals surface area (Å²) >= 11 is 0. The molecule has 0 aromatic carbocycles. The maximum Gasteiger partial charge on any atom is 0.360 e. The number of unbranched alkanes of at least 4 members (excludes halogenated alkanes) is 1. The molecule has 0 fully saturated rings. The third-order valence-corrected chi connectivity index (χ3v) is 3.17. The van der Waals surface area contributed by atoms with E-state index in [0.29, 0.717) is 6.42 Å². The predicted octanol–water partition coefficient (Wildman–Crippen LogP) is 0.322. The number of primary sulfonamides is 1. The lowest BCUT2D eigenvalue weighted by Gasteiger charge is -2.03. The highest BCUT2D eigenvalue weighted by Crippen LogP contribution is 2.16. The molecule has 0 spiro atoms. The van der Waals surface area contributed by atoms with Crippen LogP contribution in [0.15, 0.2) is 4.90 Å². The number of nitrogens with zero attached hydrogens (tertiary/aromatic N) is 1. The molecule has 0 bridgehead atoms. The van der Waals surface area contributed by atoms with E-state index in [-0.39, 0.29) is 22.9 Å². The number of esters is 1. The Hall–Kier alpha value is -1.41. The van der Waals surface area contributed by atoms with E-state index in [1.807, 2.05) is 6.92 Å². The fourth-order valence-corrected chi connectivity index (χ4v) is 2.15. The number of aromatic amines is 1. The van der Waals surface area contributed by atoms with Gasteiger partial charge in [-0.25, -0.2) is 18.4 Å². The topological polar surface area (TPSA) is 115 Å². The summed E-state index contributed by atoms with van der Waals surface area (Å²) in [6.45, 7) is 3.64. The minimum atomic E-state index is -3.99. The van der Waals surface area contributed by atoms with E-state index in [1.54, 1.807) is 0 Å². The average molecular weight is 261 g/mol. The second-order valence-corrected chi connectivity index (χ2v) is 5.06. The number of aromatic nitrogens is 2. The zero-order chi connectivity index (χ0) is 13.1. The maximum absolute atomic E-state index is 11.6. The van der Waals surface area contributed by atoms with Gasteiger partial charge in [-0.2, -0.15) is 5.10 Å². The van der Waals surface area contributed by atoms with Crippen LogP contribution in [0, 0.1) is 6.92 Å². The minimum absolute atomic E-state index is 0.218. The number of hydrogen-bond donors (Lipinski definition) is 2. The third kappa shape index (κ3) is 3.27. The molecule has 1 aromatic rings. The van der Waals surface area contributed by atoms with Crippen molar-refractivity contribution in [1.29, 1.82) is 0 Å². The number of carbonyl (C=O) groups excluding carboxylic acids is 1. The summed E-state index contributed by atoms with van der Waals surface area (Å²) in [5.74, 6) is -0.785. The normalized spacial score (nSPS) is 11.5. The van der Waals surface area contributed by atoms with Crippen molar-refractivity contribution in [1.82, 2.24) is 10.2 Å². The summed E-state index contributed by atoms with van der Waals surface area (Å²) in [6.07, 6.45) is 1.58. The third-order valence-electron chi connectivity index (χ3n) is 2.10. The van der Waals surface area contributed by atoms with Gasteiger partial charge in [0, 0.05) is 0 Å². The second kappa shape index (κ2) is 5.28. The van der Waals surface area contributed by atoms with Gasteiger partial charge >= 0.3 is 5.97 Å². The van der Waals surface area contributed by atoms with Gasteiger partial charge in [0.1, 0.15) is 4.90 Å². The van der Waals surface area contributed by atoms with Crippen molar-refractivity contribution < 1.29 is 17.9 Å². The van der Waals surface area contributed by atoms with Gasteiger partial charge in [-0.05, 0) is 13.3 Å². The Bertz CT molecular complexity index is 506. The van der Waals surface area contributed by atoms with Gasteiger partial charge in [-0.3, -0.25) is 5.10 Å². The lowest BCUT2D eigenvalue weighted by atomic mass is 10.3. The van der Waals surface area contributed by atoms with Crippen molar-refractivity contribution in [3.63, 3.8) is 0 Å². The molecule has 17 heavy (non-hydrogen) atoms. The molecule has 0 saturated heterocycles. The molecule has 1 aromatic heterocycles. The fourth-order valence-electron chi connectivity index (χ4n) is 1.28. The smallest absolute Gasteiger partial charge is 0.360 e. The van der Waals surface area contributed by atoms with Gasteiger partial charge in [-0.1, -0.05) is 13.3 Å². The summed E-state index contributed by atoms with van der Waals surface area (Å²) in [5, 5.41) is 11.0. The van der Waals surface area contributed by atoms with Crippen LogP contribution >= 0.6 is 0 Å². The standard InChI is InChI=1S/C9H15N3O4S/c1-3-4-5-16-9(13)7-8(17(10,14)15)6(2)11-12-7/h3-5H2,1-2H3,(H,11,12)(H2,10,14,15). The van der Waals surface area contributed by atoms with Crippen molar-refractivity contribution in [3.05, 3.63) is 11.4 Å². The molecule has 0 unspecified atom stereocenters. The highest BCUT2D eigenvalue weighted by atomic mass is 32.2. The number of nitrogens with two attached hydrogens (primary N) is 1. The summed E-state index contributed by atoms with van der Waals surface area (Å²) in [6, 6.07) is 0. The predicted molar refractivity (Wildman–Crippen MR) is 59.9 cm³/mol. The van der Waals surface area contributed by atoms with Gasteiger partial charge in [0.25, 0.3) is 0 Å². The molecule has 1 heterocycles. The number of sulfonamides is 1. The van der Waals surface area contributed by atoms with Crippen molar-refractivity contribution in [3.8, 4) is 0 Å². The van der Waals surface area contributed by atoms with E-state index >= 15 is 0 Å². The molecule has 3 N–H and O–H groups in total. The first-order valence-corrected chi connectivity index (χ1v) is 6.67. The molecule has 8 heteroatoms. The van der Waals surface area contributed by atoms with Gasteiger partial charge in [0.2, 0.25) is 10.0 Å². The first-order chi connectivity index (χ1) is 7.88. The van der Waals surface area contributed by atoms with E-state index in [9.17, 15) is 13.2 Å². The van der Waals surface area contributed by atoms with Crippen LogP contribution in [-0.4, -0.2) is 31.2 Å². The first-order valence-electron chi connectivity index (χ1n) is 5.12. The SMILES string of the molecule is CCCCOC(=O)c1n[nH]c(C)c1S(N)(=O)=O. The lowest BCUT2D eigenvalue weighted by molar-refractivity contribution is 0.0488. The number of rotatable bonds is 5. The average Bonchev–Trinajstić information content (AvgIpc) is 2.60. The van der Waals surface area contributed by atoms with E-state index in [4.69, 9.17) is 9.88 Å². The van der Waals surface area contributed by atoms with Crippen LogP contribution in [0.25, 0.3) is 0 Å². The van der Waals surface area contributed by atoms with Gasteiger partial charge in [0.05, 0.1) is 12.3 Å². The summed E-state index contributed by atoms with van der Waals surface area (Å²) in [7, 11) is -3.99. The zero-order valence-corrected chi connectivity index (χ0v) is 10.5. The molecule has 1 rings (SSSR count). The zero-order valence-electron chi connectivity index (χ0n) is 9.69. The van der Waals surface area contributed by atoms with Crippen LogP contribution in [0.1, 0.15) is 35.9 Å². The number of carbonyl (C=O) groups is 1. The van der Waals surface area contributed by atoms with Gasteiger partial charge in [-0.15, -0.1) is 0 Å². The monoisotopic (exact) mass is 261 g/mol.